The normalized spacial score (nSPS) is 13.3. The summed E-state index contributed by atoms with van der Waals surface area (Å²) in [6.45, 7) is 7.65. The van der Waals surface area contributed by atoms with Gasteiger partial charge in [0.25, 0.3) is 0 Å². The quantitative estimate of drug-likeness (QED) is 0.230. The monoisotopic (exact) mass is 597 g/mol. The molecule has 0 fully saturated rings. The highest BCUT2D eigenvalue weighted by atomic mass is 35.5. The molecule has 0 spiro atoms. The van der Waals surface area contributed by atoms with Crippen molar-refractivity contribution >= 4 is 29.0 Å². The highest BCUT2D eigenvalue weighted by molar-refractivity contribution is 6.31. The van der Waals surface area contributed by atoms with Crippen LogP contribution in [0, 0.1) is 12.8 Å². The van der Waals surface area contributed by atoms with Crippen LogP contribution in [0.2, 0.25) is 5.02 Å². The van der Waals surface area contributed by atoms with E-state index in [1.807, 2.05) is 46.8 Å². The second-order valence-corrected chi connectivity index (χ2v) is 11.1. The first kappa shape index (κ1) is 29.3. The minimum absolute atomic E-state index is 0.318. The molecule has 0 unspecified atom stereocenters. The maximum Gasteiger partial charge on any atom is 0.417 e. The van der Waals surface area contributed by atoms with E-state index in [0.717, 1.165) is 39.8 Å². The van der Waals surface area contributed by atoms with Crippen molar-refractivity contribution in [3.63, 3.8) is 0 Å². The first-order valence-electron chi connectivity index (χ1n) is 13.5. The zero-order valence-corrected chi connectivity index (χ0v) is 24.2. The summed E-state index contributed by atoms with van der Waals surface area (Å²) >= 11 is 6.07. The molecular formula is C31H31ClF3N5O2. The highest BCUT2D eigenvalue weighted by Crippen LogP contribution is 2.40. The van der Waals surface area contributed by atoms with Gasteiger partial charge in [0, 0.05) is 42.0 Å². The lowest BCUT2D eigenvalue weighted by molar-refractivity contribution is -0.137. The van der Waals surface area contributed by atoms with Crippen LogP contribution in [0.15, 0.2) is 60.7 Å². The minimum Gasteiger partial charge on any atom is -0.491 e. The number of aromatic nitrogens is 2. The van der Waals surface area contributed by atoms with Crippen LogP contribution in [-0.2, 0) is 19.1 Å². The molecule has 0 bridgehead atoms. The van der Waals surface area contributed by atoms with Crippen LogP contribution >= 0.6 is 11.6 Å². The molecule has 3 aromatic carbocycles. The van der Waals surface area contributed by atoms with E-state index in [-0.39, 0.29) is 5.02 Å². The summed E-state index contributed by atoms with van der Waals surface area (Å²) in [5.41, 5.74) is 10.8. The molecule has 0 radical (unpaired) electrons. The molecule has 1 aliphatic rings. The van der Waals surface area contributed by atoms with E-state index < -0.39 is 17.8 Å². The Hall–Kier alpha value is -4.18. The number of nitrogens with two attached hydrogens (primary N) is 1. The van der Waals surface area contributed by atoms with Gasteiger partial charge in [-0.2, -0.15) is 18.3 Å². The number of benzene rings is 3. The van der Waals surface area contributed by atoms with Gasteiger partial charge in [0.05, 0.1) is 28.6 Å². The largest absolute Gasteiger partial charge is 0.491 e. The van der Waals surface area contributed by atoms with Crippen LogP contribution in [0.1, 0.15) is 36.2 Å². The van der Waals surface area contributed by atoms with Crippen molar-refractivity contribution in [2.75, 3.05) is 23.4 Å². The number of amides is 2. The van der Waals surface area contributed by atoms with Gasteiger partial charge in [-0.05, 0) is 54.8 Å². The Bertz CT molecular complexity index is 1620. The molecule has 7 nitrogen and oxygen atoms in total. The van der Waals surface area contributed by atoms with Gasteiger partial charge in [0.1, 0.15) is 11.4 Å². The standard InChI is InChI=1S/C31H31ClF3N5O2/c1-18(2)17-42-27-6-4-5-19(3)28(27)40-29(20-7-9-21(10-8-20)37-30(36)41)23-16-39(14-13-26(23)38-40)22-11-12-24(25(32)15-22)31(33,34)35/h4-12,15,18H,13-14,16-17H2,1-3H3,(H3,36,37,41). The molecule has 5 rings (SSSR count). The fraction of sp³-hybridized carbons (Fsp3) is 0.290. The first-order chi connectivity index (χ1) is 19.9. The van der Waals surface area contributed by atoms with Crippen LogP contribution in [0.5, 0.6) is 5.75 Å². The van der Waals surface area contributed by atoms with Gasteiger partial charge in [-0.15, -0.1) is 0 Å². The molecule has 1 aromatic heterocycles. The van der Waals surface area contributed by atoms with Gasteiger partial charge >= 0.3 is 12.2 Å². The second kappa shape index (κ2) is 11.6. The maximum atomic E-state index is 13.3. The number of halogens is 4. The SMILES string of the molecule is Cc1cccc(OCC(C)C)c1-n1nc2c(c1-c1ccc(NC(N)=O)cc1)CN(c1ccc(C(F)(F)F)c(Cl)c1)CC2. The molecule has 220 valence electrons. The number of fused-ring (bicyclic) bond motifs is 1. The summed E-state index contributed by atoms with van der Waals surface area (Å²) in [5.74, 6) is 1.02. The Kier molecular flexibility index (Phi) is 8.10. The van der Waals surface area contributed by atoms with Crippen molar-refractivity contribution in [2.45, 2.75) is 39.9 Å². The average Bonchev–Trinajstić information content (AvgIpc) is 3.29. The number of anilines is 2. The Morgan fingerprint density at radius 3 is 2.52 bits per heavy atom. The van der Waals surface area contributed by atoms with Crippen LogP contribution in [0.4, 0.5) is 29.3 Å². The van der Waals surface area contributed by atoms with Gasteiger partial charge in [-0.25, -0.2) is 9.48 Å². The van der Waals surface area contributed by atoms with Crippen LogP contribution in [0.3, 0.4) is 0 Å². The number of alkyl halides is 3. The van der Waals surface area contributed by atoms with Crippen molar-refractivity contribution in [1.29, 1.82) is 0 Å². The van der Waals surface area contributed by atoms with E-state index in [0.29, 0.717) is 49.2 Å². The Morgan fingerprint density at radius 1 is 1.14 bits per heavy atom. The number of nitrogens with zero attached hydrogens (tertiary/aromatic N) is 3. The maximum absolute atomic E-state index is 13.3. The molecular weight excluding hydrogens is 567 g/mol. The number of hydrogen-bond donors (Lipinski definition) is 2. The average molecular weight is 598 g/mol. The summed E-state index contributed by atoms with van der Waals surface area (Å²) in [6, 6.07) is 16.3. The Labute approximate surface area is 247 Å². The highest BCUT2D eigenvalue weighted by Gasteiger charge is 2.34. The van der Waals surface area contributed by atoms with E-state index in [1.165, 1.54) is 12.1 Å². The molecule has 42 heavy (non-hydrogen) atoms. The number of primary amides is 1. The molecule has 0 aliphatic carbocycles. The van der Waals surface area contributed by atoms with Gasteiger partial charge in [-0.3, -0.25) is 0 Å². The smallest absolute Gasteiger partial charge is 0.417 e. The molecule has 0 saturated heterocycles. The first-order valence-corrected chi connectivity index (χ1v) is 13.9. The number of urea groups is 1. The van der Waals surface area contributed by atoms with Gasteiger partial charge in [0.15, 0.2) is 0 Å². The van der Waals surface area contributed by atoms with Crippen molar-refractivity contribution in [3.05, 3.63) is 88.1 Å². The number of hydrogen-bond acceptors (Lipinski definition) is 4. The molecule has 2 amide bonds. The molecule has 0 atom stereocenters. The number of nitrogens with one attached hydrogen (secondary N) is 1. The number of aryl methyl sites for hydroxylation is 1. The summed E-state index contributed by atoms with van der Waals surface area (Å²) in [4.78, 5) is 13.4. The predicted octanol–water partition coefficient (Wildman–Crippen LogP) is 7.61. The van der Waals surface area contributed by atoms with E-state index in [1.54, 1.807) is 12.1 Å². The molecule has 11 heteroatoms. The molecule has 4 aromatic rings. The van der Waals surface area contributed by atoms with Crippen molar-refractivity contribution < 1.29 is 22.7 Å². The molecule has 2 heterocycles. The lowest BCUT2D eigenvalue weighted by Gasteiger charge is -2.29. The second-order valence-electron chi connectivity index (χ2n) is 10.7. The lowest BCUT2D eigenvalue weighted by Crippen LogP contribution is -2.30. The fourth-order valence-corrected chi connectivity index (χ4v) is 5.39. The van der Waals surface area contributed by atoms with Crippen LogP contribution < -0.4 is 20.7 Å². The third kappa shape index (κ3) is 6.04. The van der Waals surface area contributed by atoms with Crippen molar-refractivity contribution in [1.82, 2.24) is 9.78 Å². The molecule has 3 N–H and O–H groups in total. The summed E-state index contributed by atoms with van der Waals surface area (Å²) in [5, 5.41) is 7.29. The van der Waals surface area contributed by atoms with Gasteiger partial charge in [-0.1, -0.05) is 49.7 Å². The fourth-order valence-electron chi connectivity index (χ4n) is 5.11. The lowest BCUT2D eigenvalue weighted by atomic mass is 9.99. The third-order valence-electron chi connectivity index (χ3n) is 7.07. The van der Waals surface area contributed by atoms with E-state index in [4.69, 9.17) is 27.2 Å². The molecule has 0 saturated carbocycles. The predicted molar refractivity (Wildman–Crippen MR) is 158 cm³/mol. The molecule has 1 aliphatic heterocycles. The number of ether oxygens (including phenoxy) is 1. The van der Waals surface area contributed by atoms with Crippen LogP contribution in [0.25, 0.3) is 16.9 Å². The Morgan fingerprint density at radius 2 is 1.88 bits per heavy atom. The number of carbonyl (C=O) groups is 1. The summed E-state index contributed by atoms with van der Waals surface area (Å²) < 4.78 is 48.1. The van der Waals surface area contributed by atoms with E-state index in [9.17, 15) is 18.0 Å². The zero-order valence-electron chi connectivity index (χ0n) is 23.4. The zero-order chi connectivity index (χ0) is 30.2. The Balaban J connectivity index is 1.62. The third-order valence-corrected chi connectivity index (χ3v) is 7.38. The van der Waals surface area contributed by atoms with E-state index in [2.05, 4.69) is 19.2 Å². The van der Waals surface area contributed by atoms with Crippen molar-refractivity contribution in [2.24, 2.45) is 11.7 Å². The van der Waals surface area contributed by atoms with Crippen LogP contribution in [-0.4, -0.2) is 29.0 Å². The summed E-state index contributed by atoms with van der Waals surface area (Å²) in [7, 11) is 0. The van der Waals surface area contributed by atoms with Gasteiger partial charge < -0.3 is 20.7 Å². The van der Waals surface area contributed by atoms with Crippen molar-refractivity contribution in [3.8, 4) is 22.7 Å². The number of rotatable bonds is 7. The number of carbonyl (C=O) groups excluding carboxylic acids is 1. The minimum atomic E-state index is -4.53. The number of para-hydroxylation sites is 1. The van der Waals surface area contributed by atoms with E-state index >= 15 is 0 Å². The van der Waals surface area contributed by atoms with Gasteiger partial charge in [0.2, 0.25) is 0 Å². The summed E-state index contributed by atoms with van der Waals surface area (Å²) in [6.07, 6.45) is -3.96. The topological polar surface area (TPSA) is 85.4 Å².